The van der Waals surface area contributed by atoms with Crippen molar-refractivity contribution in [2.75, 3.05) is 0 Å². The minimum Gasteiger partial charge on any atom is -0.303 e. The number of hydrogen-bond acceptors (Lipinski definition) is 3. The van der Waals surface area contributed by atoms with Gasteiger partial charge < -0.3 is 5.73 Å². The molecule has 23 heavy (non-hydrogen) atoms. The number of aryl methyl sites for hydroxylation is 1. The maximum absolute atomic E-state index is 12.4. The van der Waals surface area contributed by atoms with Gasteiger partial charge in [0.1, 0.15) is 0 Å². The molecule has 1 atom stereocenters. The summed E-state index contributed by atoms with van der Waals surface area (Å²) in [5.41, 5.74) is 12.3. The van der Waals surface area contributed by atoms with Gasteiger partial charge in [-0.25, -0.2) is 0 Å². The summed E-state index contributed by atoms with van der Waals surface area (Å²) >= 11 is 0. The average molecular weight is 306 g/mol. The van der Waals surface area contributed by atoms with Crippen molar-refractivity contribution in [3.8, 4) is 0 Å². The predicted octanol–water partition coefficient (Wildman–Crippen LogP) is 3.37. The molecule has 0 fully saturated rings. The molecule has 0 aliphatic carbocycles. The minimum absolute atomic E-state index is 0.0259. The summed E-state index contributed by atoms with van der Waals surface area (Å²) in [6.45, 7) is 6.35. The number of ketones is 1. The number of hydrogen-bond donors (Lipinski definition) is 1. The van der Waals surface area contributed by atoms with Crippen molar-refractivity contribution >= 4 is 11.5 Å². The second-order valence-corrected chi connectivity index (χ2v) is 6.46. The highest BCUT2D eigenvalue weighted by atomic mass is 16.1. The first kappa shape index (κ1) is 15.6. The van der Waals surface area contributed by atoms with E-state index in [1.807, 2.05) is 24.3 Å². The van der Waals surface area contributed by atoms with Gasteiger partial charge in [-0.2, -0.15) is 0 Å². The summed E-state index contributed by atoms with van der Waals surface area (Å²) in [6, 6.07) is 14.4. The summed E-state index contributed by atoms with van der Waals surface area (Å²) in [4.78, 5) is 16.9. The first-order valence-electron chi connectivity index (χ1n) is 8.02. The van der Waals surface area contributed by atoms with Crippen LogP contribution in [-0.2, 0) is 11.2 Å². The molecule has 0 spiro atoms. The number of nitrogens with zero attached hydrogens (tertiary/aromatic N) is 1. The Balaban J connectivity index is 2.26. The number of carbonyl (C=O) groups excluding carboxylic acids is 1. The van der Waals surface area contributed by atoms with Gasteiger partial charge in [-0.1, -0.05) is 55.8 Å². The molecule has 2 aromatic carbocycles. The lowest BCUT2D eigenvalue weighted by Gasteiger charge is -2.16. The maximum atomic E-state index is 12.4. The van der Waals surface area contributed by atoms with E-state index in [1.165, 1.54) is 5.56 Å². The first-order chi connectivity index (χ1) is 11.0. The first-order valence-corrected chi connectivity index (χ1v) is 8.02. The largest absolute Gasteiger partial charge is 0.303 e. The van der Waals surface area contributed by atoms with Crippen molar-refractivity contribution in [3.05, 3.63) is 70.3 Å². The van der Waals surface area contributed by atoms with Gasteiger partial charge in [0.25, 0.3) is 0 Å². The van der Waals surface area contributed by atoms with Gasteiger partial charge in [-0.15, -0.1) is 0 Å². The molecule has 0 amide bonds. The van der Waals surface area contributed by atoms with E-state index >= 15 is 0 Å². The van der Waals surface area contributed by atoms with Crippen LogP contribution < -0.4 is 5.73 Å². The van der Waals surface area contributed by atoms with Crippen LogP contribution in [-0.4, -0.2) is 17.7 Å². The lowest BCUT2D eigenvalue weighted by atomic mass is 9.87. The Labute approximate surface area is 137 Å². The lowest BCUT2D eigenvalue weighted by Crippen LogP contribution is -2.29. The zero-order chi connectivity index (χ0) is 16.6. The molecular formula is C20H22N2O. The second-order valence-electron chi connectivity index (χ2n) is 6.46. The fourth-order valence-electron chi connectivity index (χ4n) is 3.15. The van der Waals surface area contributed by atoms with Crippen molar-refractivity contribution in [1.82, 2.24) is 0 Å². The van der Waals surface area contributed by atoms with Crippen LogP contribution in [0.15, 0.2) is 47.5 Å². The van der Waals surface area contributed by atoms with Crippen LogP contribution in [0.5, 0.6) is 0 Å². The number of aliphatic imine (C=N–C) groups is 1. The quantitative estimate of drug-likeness (QED) is 0.925. The summed E-state index contributed by atoms with van der Waals surface area (Å²) < 4.78 is 0. The average Bonchev–Trinajstić information content (AvgIpc) is 2.64. The molecule has 3 rings (SSSR count). The Morgan fingerprint density at radius 2 is 1.91 bits per heavy atom. The van der Waals surface area contributed by atoms with E-state index in [0.29, 0.717) is 12.3 Å². The zero-order valence-corrected chi connectivity index (χ0v) is 13.8. The van der Waals surface area contributed by atoms with Gasteiger partial charge in [0.15, 0.2) is 11.9 Å². The van der Waals surface area contributed by atoms with Gasteiger partial charge in [0.05, 0.1) is 5.71 Å². The molecule has 3 nitrogen and oxygen atoms in total. The topological polar surface area (TPSA) is 55.4 Å². The number of nitrogens with two attached hydrogens (primary N) is 1. The fourth-order valence-corrected chi connectivity index (χ4v) is 3.15. The van der Waals surface area contributed by atoms with E-state index in [0.717, 1.165) is 28.0 Å². The molecule has 1 heterocycles. The summed E-state index contributed by atoms with van der Waals surface area (Å²) in [5.74, 6) is 0.327. The Hall–Kier alpha value is -2.26. The van der Waals surface area contributed by atoms with Crippen molar-refractivity contribution in [1.29, 1.82) is 0 Å². The highest BCUT2D eigenvalue weighted by Crippen LogP contribution is 2.28. The summed E-state index contributed by atoms with van der Waals surface area (Å²) in [6.07, 6.45) is -0.443. The third-order valence-electron chi connectivity index (χ3n) is 4.33. The zero-order valence-electron chi connectivity index (χ0n) is 13.8. The third kappa shape index (κ3) is 2.97. The Kier molecular flexibility index (Phi) is 4.14. The SMILES string of the molecule is Cc1cccc(C2=NC(N)C(=O)Cc3c2cccc3C(C)C)c1. The molecule has 1 unspecified atom stereocenters. The summed E-state index contributed by atoms with van der Waals surface area (Å²) in [5, 5.41) is 0. The van der Waals surface area contributed by atoms with Crippen LogP contribution in [0.25, 0.3) is 0 Å². The van der Waals surface area contributed by atoms with Crippen LogP contribution in [0.3, 0.4) is 0 Å². The minimum atomic E-state index is -0.794. The van der Waals surface area contributed by atoms with Crippen LogP contribution in [0.4, 0.5) is 0 Å². The van der Waals surface area contributed by atoms with Crippen molar-refractivity contribution < 1.29 is 4.79 Å². The van der Waals surface area contributed by atoms with Crippen LogP contribution >= 0.6 is 0 Å². The van der Waals surface area contributed by atoms with Crippen LogP contribution in [0.2, 0.25) is 0 Å². The van der Waals surface area contributed by atoms with E-state index in [1.54, 1.807) is 0 Å². The molecule has 118 valence electrons. The molecule has 0 saturated heterocycles. The molecule has 2 aromatic rings. The highest BCUT2D eigenvalue weighted by molar-refractivity contribution is 6.16. The molecular weight excluding hydrogens is 284 g/mol. The standard InChI is InChI=1S/C20H22N2O/c1-12(2)15-8-5-9-16-17(15)11-18(23)20(21)22-19(16)14-7-4-6-13(3)10-14/h4-10,12,20H,11,21H2,1-3H3. The van der Waals surface area contributed by atoms with Gasteiger partial charge in [-0.05, 0) is 30.0 Å². The molecule has 1 aliphatic rings. The van der Waals surface area contributed by atoms with E-state index in [9.17, 15) is 4.79 Å². The van der Waals surface area contributed by atoms with Crippen LogP contribution in [0.1, 0.15) is 47.6 Å². The number of rotatable bonds is 2. The summed E-state index contributed by atoms with van der Waals surface area (Å²) in [7, 11) is 0. The molecule has 3 heteroatoms. The lowest BCUT2D eigenvalue weighted by molar-refractivity contribution is -0.119. The predicted molar refractivity (Wildman–Crippen MR) is 94.0 cm³/mol. The molecule has 0 bridgehead atoms. The van der Waals surface area contributed by atoms with E-state index in [4.69, 9.17) is 5.73 Å². The molecule has 0 saturated carbocycles. The normalized spacial score (nSPS) is 17.7. The highest BCUT2D eigenvalue weighted by Gasteiger charge is 2.25. The number of fused-ring (bicyclic) bond motifs is 1. The smallest absolute Gasteiger partial charge is 0.175 e. The number of carbonyl (C=O) groups is 1. The van der Waals surface area contributed by atoms with E-state index < -0.39 is 6.17 Å². The molecule has 2 N–H and O–H groups in total. The molecule has 0 radical (unpaired) electrons. The van der Waals surface area contributed by atoms with Crippen molar-refractivity contribution in [2.45, 2.75) is 39.3 Å². The van der Waals surface area contributed by atoms with Gasteiger partial charge in [0.2, 0.25) is 0 Å². The second kappa shape index (κ2) is 6.09. The fraction of sp³-hybridized carbons (Fsp3) is 0.300. The molecule has 0 aromatic heterocycles. The number of Topliss-reactive ketones (excluding diaryl/α,β-unsaturated/α-hetero) is 1. The maximum Gasteiger partial charge on any atom is 0.175 e. The van der Waals surface area contributed by atoms with Gasteiger partial charge in [0, 0.05) is 17.5 Å². The van der Waals surface area contributed by atoms with Crippen molar-refractivity contribution in [2.24, 2.45) is 10.7 Å². The Morgan fingerprint density at radius 1 is 1.17 bits per heavy atom. The van der Waals surface area contributed by atoms with E-state index in [-0.39, 0.29) is 5.78 Å². The molecule has 1 aliphatic heterocycles. The monoisotopic (exact) mass is 306 g/mol. The number of benzene rings is 2. The van der Waals surface area contributed by atoms with Gasteiger partial charge in [-0.3, -0.25) is 9.79 Å². The van der Waals surface area contributed by atoms with Gasteiger partial charge >= 0.3 is 0 Å². The van der Waals surface area contributed by atoms with Crippen molar-refractivity contribution in [3.63, 3.8) is 0 Å². The Bertz CT molecular complexity index is 790. The third-order valence-corrected chi connectivity index (χ3v) is 4.33. The Morgan fingerprint density at radius 3 is 2.61 bits per heavy atom. The van der Waals surface area contributed by atoms with Crippen LogP contribution in [0, 0.1) is 6.92 Å². The van der Waals surface area contributed by atoms with E-state index in [2.05, 4.69) is 44.0 Å².